The van der Waals surface area contributed by atoms with Gasteiger partial charge in [0.2, 0.25) is 17.8 Å². The second-order valence-electron chi connectivity index (χ2n) is 5.85. The number of rotatable bonds is 5. The van der Waals surface area contributed by atoms with Crippen molar-refractivity contribution in [3.63, 3.8) is 0 Å². The molecule has 1 aromatic rings. The van der Waals surface area contributed by atoms with Crippen LogP contribution in [0, 0.1) is 5.92 Å². The van der Waals surface area contributed by atoms with Crippen LogP contribution in [0.2, 0.25) is 0 Å². The van der Waals surface area contributed by atoms with Gasteiger partial charge in [0, 0.05) is 26.2 Å². The van der Waals surface area contributed by atoms with Crippen molar-refractivity contribution in [2.45, 2.75) is 45.1 Å². The van der Waals surface area contributed by atoms with E-state index >= 15 is 0 Å². The van der Waals surface area contributed by atoms with E-state index in [1.54, 1.807) is 0 Å². The molecule has 1 saturated heterocycles. The maximum Gasteiger partial charge on any atom is 0.231 e. The predicted molar refractivity (Wildman–Crippen MR) is 81.2 cm³/mol. The summed E-state index contributed by atoms with van der Waals surface area (Å²) >= 11 is 0. The lowest BCUT2D eigenvalue weighted by atomic mass is 10.1. The van der Waals surface area contributed by atoms with Gasteiger partial charge in [0.1, 0.15) is 0 Å². The van der Waals surface area contributed by atoms with Gasteiger partial charge in [0.05, 0.1) is 0 Å². The van der Waals surface area contributed by atoms with Gasteiger partial charge in [-0.25, -0.2) is 0 Å². The molecule has 1 aliphatic carbocycles. The van der Waals surface area contributed by atoms with Crippen LogP contribution in [-0.2, 0) is 0 Å². The summed E-state index contributed by atoms with van der Waals surface area (Å²) < 4.78 is 0. The van der Waals surface area contributed by atoms with Crippen LogP contribution in [0.5, 0.6) is 0 Å². The van der Waals surface area contributed by atoms with Crippen molar-refractivity contribution in [2.24, 2.45) is 5.92 Å². The second-order valence-corrected chi connectivity index (χ2v) is 5.85. The van der Waals surface area contributed by atoms with Gasteiger partial charge in [-0.3, -0.25) is 0 Å². The first-order chi connectivity index (χ1) is 9.76. The molecule has 1 atom stereocenters. The molecule has 1 aliphatic heterocycles. The van der Waals surface area contributed by atoms with E-state index in [9.17, 15) is 0 Å². The second kappa shape index (κ2) is 5.81. The van der Waals surface area contributed by atoms with Gasteiger partial charge in [-0.1, -0.05) is 0 Å². The fraction of sp³-hybridized carbons (Fsp3) is 0.786. The molecule has 2 N–H and O–H groups in total. The summed E-state index contributed by atoms with van der Waals surface area (Å²) in [5, 5.41) is 6.47. The van der Waals surface area contributed by atoms with Crippen LogP contribution in [0.4, 0.5) is 17.8 Å². The zero-order chi connectivity index (χ0) is 13.9. The van der Waals surface area contributed by atoms with Crippen molar-refractivity contribution in [3.05, 3.63) is 0 Å². The molecule has 0 bridgehead atoms. The number of hydrogen-bond donors (Lipinski definition) is 2. The van der Waals surface area contributed by atoms with Crippen molar-refractivity contribution in [3.8, 4) is 0 Å². The SMILES string of the molecule is CNc1nc(NC(C)C2CC2)nc(N2CCCCC2)n1. The van der Waals surface area contributed by atoms with E-state index in [1.807, 2.05) is 7.05 Å². The quantitative estimate of drug-likeness (QED) is 0.858. The monoisotopic (exact) mass is 276 g/mol. The average Bonchev–Trinajstić information content (AvgIpc) is 3.32. The highest BCUT2D eigenvalue weighted by Gasteiger charge is 2.28. The predicted octanol–water partition coefficient (Wildman–Crippen LogP) is 2.11. The van der Waals surface area contributed by atoms with E-state index < -0.39 is 0 Å². The molecule has 2 heterocycles. The molecule has 20 heavy (non-hydrogen) atoms. The summed E-state index contributed by atoms with van der Waals surface area (Å²) in [6, 6.07) is 0.441. The van der Waals surface area contributed by atoms with Gasteiger partial charge in [-0.15, -0.1) is 0 Å². The Labute approximate surface area is 120 Å². The topological polar surface area (TPSA) is 66.0 Å². The summed E-state index contributed by atoms with van der Waals surface area (Å²) in [7, 11) is 1.85. The number of piperidine rings is 1. The zero-order valence-corrected chi connectivity index (χ0v) is 12.4. The minimum absolute atomic E-state index is 0.441. The van der Waals surface area contributed by atoms with Crippen LogP contribution in [0.3, 0.4) is 0 Å². The van der Waals surface area contributed by atoms with Crippen LogP contribution in [0.25, 0.3) is 0 Å². The normalized spacial score (nSPS) is 20.6. The molecule has 0 spiro atoms. The molecular formula is C14H24N6. The third-order valence-electron chi connectivity index (χ3n) is 4.17. The molecule has 0 aromatic carbocycles. The molecule has 1 unspecified atom stereocenters. The smallest absolute Gasteiger partial charge is 0.231 e. The first kappa shape index (κ1) is 13.4. The average molecular weight is 276 g/mol. The van der Waals surface area contributed by atoms with Crippen LogP contribution < -0.4 is 15.5 Å². The van der Waals surface area contributed by atoms with Crippen molar-refractivity contribution < 1.29 is 0 Å². The Morgan fingerprint density at radius 2 is 1.75 bits per heavy atom. The molecule has 0 amide bonds. The van der Waals surface area contributed by atoms with Gasteiger partial charge >= 0.3 is 0 Å². The highest BCUT2D eigenvalue weighted by Crippen LogP contribution is 2.33. The van der Waals surface area contributed by atoms with Gasteiger partial charge < -0.3 is 15.5 Å². The summed E-state index contributed by atoms with van der Waals surface area (Å²) in [5.41, 5.74) is 0. The minimum atomic E-state index is 0.441. The Hall–Kier alpha value is -1.59. The maximum atomic E-state index is 4.61. The van der Waals surface area contributed by atoms with Crippen LogP contribution >= 0.6 is 0 Å². The first-order valence-corrected chi connectivity index (χ1v) is 7.71. The lowest BCUT2D eigenvalue weighted by Crippen LogP contribution is -2.32. The zero-order valence-electron chi connectivity index (χ0n) is 12.4. The highest BCUT2D eigenvalue weighted by atomic mass is 15.3. The Bertz CT molecular complexity index is 453. The van der Waals surface area contributed by atoms with Gasteiger partial charge in [0.25, 0.3) is 0 Å². The van der Waals surface area contributed by atoms with Crippen LogP contribution in [-0.4, -0.2) is 41.1 Å². The number of aromatic nitrogens is 3. The number of anilines is 3. The van der Waals surface area contributed by atoms with E-state index in [4.69, 9.17) is 0 Å². The summed E-state index contributed by atoms with van der Waals surface area (Å²) in [5.74, 6) is 2.92. The van der Waals surface area contributed by atoms with E-state index in [2.05, 4.69) is 37.4 Å². The Morgan fingerprint density at radius 3 is 2.40 bits per heavy atom. The number of nitrogens with zero attached hydrogens (tertiary/aromatic N) is 4. The molecule has 6 heteroatoms. The molecule has 3 rings (SSSR count). The summed E-state index contributed by atoms with van der Waals surface area (Å²) in [4.78, 5) is 15.8. The largest absolute Gasteiger partial charge is 0.357 e. The number of nitrogens with one attached hydrogen (secondary N) is 2. The minimum Gasteiger partial charge on any atom is -0.357 e. The fourth-order valence-electron chi connectivity index (χ4n) is 2.69. The maximum absolute atomic E-state index is 4.61. The molecule has 6 nitrogen and oxygen atoms in total. The summed E-state index contributed by atoms with van der Waals surface area (Å²) in [6.07, 6.45) is 6.39. The van der Waals surface area contributed by atoms with E-state index in [-0.39, 0.29) is 0 Å². The molecule has 1 aromatic heterocycles. The Balaban J connectivity index is 1.77. The third kappa shape index (κ3) is 3.11. The van der Waals surface area contributed by atoms with E-state index in [1.165, 1.54) is 32.1 Å². The van der Waals surface area contributed by atoms with Crippen LogP contribution in [0.15, 0.2) is 0 Å². The number of hydrogen-bond acceptors (Lipinski definition) is 6. The lowest BCUT2D eigenvalue weighted by molar-refractivity contribution is 0.567. The van der Waals surface area contributed by atoms with Crippen molar-refractivity contribution in [2.75, 3.05) is 35.7 Å². The molecule has 1 saturated carbocycles. The van der Waals surface area contributed by atoms with Gasteiger partial charge in [0.15, 0.2) is 0 Å². The van der Waals surface area contributed by atoms with Gasteiger partial charge in [-0.2, -0.15) is 15.0 Å². The van der Waals surface area contributed by atoms with Crippen molar-refractivity contribution >= 4 is 17.8 Å². The third-order valence-corrected chi connectivity index (χ3v) is 4.17. The highest BCUT2D eigenvalue weighted by molar-refractivity contribution is 5.44. The first-order valence-electron chi connectivity index (χ1n) is 7.71. The standard InChI is InChI=1S/C14H24N6/c1-10(11-6-7-11)16-13-17-12(15-2)18-14(19-13)20-8-4-3-5-9-20/h10-11H,3-9H2,1-2H3,(H2,15,16,17,18,19). The van der Waals surface area contributed by atoms with Crippen LogP contribution in [0.1, 0.15) is 39.0 Å². The van der Waals surface area contributed by atoms with E-state index in [0.29, 0.717) is 17.9 Å². The molecule has 2 aliphatic rings. The summed E-state index contributed by atoms with van der Waals surface area (Å²) in [6.45, 7) is 4.30. The molecular weight excluding hydrogens is 252 g/mol. The fourth-order valence-corrected chi connectivity index (χ4v) is 2.69. The molecule has 0 radical (unpaired) electrons. The Morgan fingerprint density at radius 1 is 1.05 bits per heavy atom. The Kier molecular flexibility index (Phi) is 3.89. The van der Waals surface area contributed by atoms with Crippen molar-refractivity contribution in [1.29, 1.82) is 0 Å². The van der Waals surface area contributed by atoms with E-state index in [0.717, 1.165) is 25.0 Å². The molecule has 110 valence electrons. The van der Waals surface area contributed by atoms with Crippen molar-refractivity contribution in [1.82, 2.24) is 15.0 Å². The molecule has 2 fully saturated rings. The lowest BCUT2D eigenvalue weighted by Gasteiger charge is -2.27. The van der Waals surface area contributed by atoms with Gasteiger partial charge in [-0.05, 0) is 44.9 Å².